The average molecular weight is 311 g/mol. The molecule has 2 aromatic rings. The molecular weight excluding hydrogens is 300 g/mol. The second kappa shape index (κ2) is 3.68. The van der Waals surface area contributed by atoms with Gasteiger partial charge in [-0.05, 0) is 19.1 Å². The summed E-state index contributed by atoms with van der Waals surface area (Å²) >= 11 is 3.38. The van der Waals surface area contributed by atoms with E-state index >= 15 is 0 Å². The van der Waals surface area contributed by atoms with Crippen molar-refractivity contribution >= 4 is 27.7 Å². The smallest absolute Gasteiger partial charge is 0.407 e. The van der Waals surface area contributed by atoms with E-state index in [4.69, 9.17) is 5.11 Å². The second-order valence-electron chi connectivity index (χ2n) is 4.80. The molecule has 7 heteroatoms. The van der Waals surface area contributed by atoms with Crippen LogP contribution >= 0.6 is 15.9 Å². The van der Waals surface area contributed by atoms with Gasteiger partial charge < -0.3 is 10.0 Å². The Morgan fingerprint density at radius 1 is 1.50 bits per heavy atom. The fraction of sp³-hybridized carbons (Fsp3) is 0.364. The summed E-state index contributed by atoms with van der Waals surface area (Å²) in [5.41, 5.74) is 0.500. The van der Waals surface area contributed by atoms with E-state index in [1.807, 2.05) is 29.7 Å². The molecule has 1 N–H and O–H groups in total. The number of rotatable bonds is 1. The molecule has 0 saturated carbocycles. The van der Waals surface area contributed by atoms with Crippen molar-refractivity contribution in [1.29, 1.82) is 0 Å². The fourth-order valence-electron chi connectivity index (χ4n) is 2.35. The summed E-state index contributed by atoms with van der Waals surface area (Å²) in [6, 6.07) is 3.80. The van der Waals surface area contributed by atoms with Crippen LogP contribution in [-0.4, -0.2) is 43.8 Å². The first-order valence-corrected chi connectivity index (χ1v) is 6.27. The topological polar surface area (TPSA) is 70.7 Å². The number of fused-ring (bicyclic) bond motifs is 1. The fourth-order valence-corrected chi connectivity index (χ4v) is 2.67. The second-order valence-corrected chi connectivity index (χ2v) is 5.71. The Morgan fingerprint density at radius 2 is 2.22 bits per heavy atom. The molecule has 0 bridgehead atoms. The minimum Gasteiger partial charge on any atom is -0.465 e. The van der Waals surface area contributed by atoms with Crippen molar-refractivity contribution in [3.05, 3.63) is 28.6 Å². The van der Waals surface area contributed by atoms with Crippen LogP contribution in [0.2, 0.25) is 0 Å². The van der Waals surface area contributed by atoms with Crippen LogP contribution in [0.5, 0.6) is 0 Å². The highest BCUT2D eigenvalue weighted by atomic mass is 79.9. The molecule has 94 valence electrons. The lowest BCUT2D eigenvalue weighted by Crippen LogP contribution is -2.60. The molecule has 1 fully saturated rings. The van der Waals surface area contributed by atoms with Crippen LogP contribution < -0.4 is 0 Å². The highest BCUT2D eigenvalue weighted by molar-refractivity contribution is 9.10. The van der Waals surface area contributed by atoms with Gasteiger partial charge >= 0.3 is 6.09 Å². The van der Waals surface area contributed by atoms with Crippen LogP contribution in [0.4, 0.5) is 4.79 Å². The predicted octanol–water partition coefficient (Wildman–Crippen LogP) is 1.74. The third-order valence-corrected chi connectivity index (χ3v) is 3.76. The molecule has 1 aliphatic rings. The molecule has 1 aliphatic heterocycles. The van der Waals surface area contributed by atoms with E-state index in [2.05, 4.69) is 26.1 Å². The molecule has 0 aliphatic carbocycles. The van der Waals surface area contributed by atoms with Crippen molar-refractivity contribution < 1.29 is 9.90 Å². The van der Waals surface area contributed by atoms with E-state index in [1.165, 1.54) is 4.90 Å². The van der Waals surface area contributed by atoms with E-state index in [0.29, 0.717) is 13.1 Å². The van der Waals surface area contributed by atoms with Gasteiger partial charge in [0.2, 0.25) is 0 Å². The summed E-state index contributed by atoms with van der Waals surface area (Å²) < 4.78 is 2.85. The lowest BCUT2D eigenvalue weighted by Gasteiger charge is -2.44. The summed E-state index contributed by atoms with van der Waals surface area (Å²) in [4.78, 5) is 12.2. The summed E-state index contributed by atoms with van der Waals surface area (Å²) in [6.07, 6.45) is 1.01. The van der Waals surface area contributed by atoms with Crippen LogP contribution in [0, 0.1) is 0 Å². The summed E-state index contributed by atoms with van der Waals surface area (Å²) in [6.45, 7) is 2.92. The summed E-state index contributed by atoms with van der Waals surface area (Å²) in [5.74, 6) is 0.808. The molecular formula is C11H11BrN4O2. The van der Waals surface area contributed by atoms with Gasteiger partial charge in [0.1, 0.15) is 5.82 Å². The predicted molar refractivity (Wildman–Crippen MR) is 67.6 cm³/mol. The maximum atomic E-state index is 10.8. The van der Waals surface area contributed by atoms with Gasteiger partial charge in [-0.1, -0.05) is 15.9 Å². The Balaban J connectivity index is 1.99. The van der Waals surface area contributed by atoms with Gasteiger partial charge in [0, 0.05) is 23.8 Å². The standard InChI is InChI=1S/C11H11BrN4O2/c1-11(5-15(6-11)10(17)18)9-14-13-8-4-7(12)2-3-16(8)9/h2-4H,5-6H2,1H3,(H,17,18). The number of halogens is 1. The number of aromatic nitrogens is 3. The van der Waals surface area contributed by atoms with Crippen molar-refractivity contribution in [1.82, 2.24) is 19.5 Å². The maximum absolute atomic E-state index is 10.8. The number of pyridine rings is 1. The van der Waals surface area contributed by atoms with E-state index in [1.54, 1.807) is 0 Å². The first-order valence-electron chi connectivity index (χ1n) is 5.48. The molecule has 1 saturated heterocycles. The average Bonchev–Trinajstić information content (AvgIpc) is 2.67. The van der Waals surface area contributed by atoms with Crippen molar-refractivity contribution in [3.8, 4) is 0 Å². The monoisotopic (exact) mass is 310 g/mol. The Morgan fingerprint density at radius 3 is 2.89 bits per heavy atom. The minimum atomic E-state index is -0.885. The summed E-state index contributed by atoms with van der Waals surface area (Å²) in [5, 5.41) is 17.2. The molecule has 0 atom stereocenters. The van der Waals surface area contributed by atoms with Crippen molar-refractivity contribution in [2.24, 2.45) is 0 Å². The van der Waals surface area contributed by atoms with Gasteiger partial charge in [-0.2, -0.15) is 0 Å². The van der Waals surface area contributed by atoms with E-state index in [0.717, 1.165) is 15.9 Å². The number of hydrogen-bond donors (Lipinski definition) is 1. The third kappa shape index (κ3) is 1.58. The van der Waals surface area contributed by atoms with Gasteiger partial charge in [-0.25, -0.2) is 4.79 Å². The zero-order valence-corrected chi connectivity index (χ0v) is 11.3. The molecule has 3 rings (SSSR count). The van der Waals surface area contributed by atoms with E-state index in [-0.39, 0.29) is 5.41 Å². The van der Waals surface area contributed by atoms with Crippen molar-refractivity contribution in [3.63, 3.8) is 0 Å². The Labute approximate surface area is 111 Å². The Kier molecular flexibility index (Phi) is 2.34. The van der Waals surface area contributed by atoms with Gasteiger partial charge in [0.25, 0.3) is 0 Å². The largest absolute Gasteiger partial charge is 0.465 e. The Bertz CT molecular complexity index is 633. The Hall–Kier alpha value is -1.63. The molecule has 0 unspecified atom stereocenters. The lowest BCUT2D eigenvalue weighted by molar-refractivity contribution is 0.0638. The zero-order chi connectivity index (χ0) is 12.9. The minimum absolute atomic E-state index is 0.258. The quantitative estimate of drug-likeness (QED) is 0.871. The first kappa shape index (κ1) is 11.5. The molecule has 18 heavy (non-hydrogen) atoms. The number of likely N-dealkylation sites (tertiary alicyclic amines) is 1. The van der Waals surface area contributed by atoms with Crippen LogP contribution in [0.25, 0.3) is 5.65 Å². The molecule has 3 heterocycles. The van der Waals surface area contributed by atoms with Crippen LogP contribution in [0.1, 0.15) is 12.7 Å². The molecule has 0 aromatic carbocycles. The third-order valence-electron chi connectivity index (χ3n) is 3.26. The van der Waals surface area contributed by atoms with Crippen LogP contribution in [-0.2, 0) is 5.41 Å². The zero-order valence-electron chi connectivity index (χ0n) is 9.67. The highest BCUT2D eigenvalue weighted by Gasteiger charge is 2.46. The number of amides is 1. The normalized spacial score (nSPS) is 17.8. The van der Waals surface area contributed by atoms with Crippen LogP contribution in [0.15, 0.2) is 22.8 Å². The van der Waals surface area contributed by atoms with E-state index < -0.39 is 6.09 Å². The van der Waals surface area contributed by atoms with Gasteiger partial charge in [0.15, 0.2) is 5.65 Å². The lowest BCUT2D eigenvalue weighted by atomic mass is 9.81. The van der Waals surface area contributed by atoms with Crippen molar-refractivity contribution in [2.45, 2.75) is 12.3 Å². The number of carboxylic acid groups (broad SMARTS) is 1. The van der Waals surface area contributed by atoms with Gasteiger partial charge in [-0.3, -0.25) is 4.40 Å². The summed E-state index contributed by atoms with van der Waals surface area (Å²) in [7, 11) is 0. The van der Waals surface area contributed by atoms with E-state index in [9.17, 15) is 4.79 Å². The molecule has 1 amide bonds. The maximum Gasteiger partial charge on any atom is 0.407 e. The molecule has 6 nitrogen and oxygen atoms in total. The van der Waals surface area contributed by atoms with Gasteiger partial charge in [0.05, 0.1) is 5.41 Å². The number of nitrogens with zero attached hydrogens (tertiary/aromatic N) is 4. The number of carbonyl (C=O) groups is 1. The van der Waals surface area contributed by atoms with Crippen molar-refractivity contribution in [2.75, 3.05) is 13.1 Å². The molecule has 0 spiro atoms. The first-order chi connectivity index (χ1) is 8.49. The molecule has 0 radical (unpaired) electrons. The van der Waals surface area contributed by atoms with Crippen LogP contribution in [0.3, 0.4) is 0 Å². The number of hydrogen-bond acceptors (Lipinski definition) is 3. The SMILES string of the molecule is CC1(c2nnc3cc(Br)ccn23)CN(C(=O)O)C1. The van der Waals surface area contributed by atoms with Gasteiger partial charge in [-0.15, -0.1) is 10.2 Å². The highest BCUT2D eigenvalue weighted by Crippen LogP contribution is 2.33. The molecule has 2 aromatic heterocycles.